The molecule has 1 amide bonds. The van der Waals surface area contributed by atoms with Crippen molar-refractivity contribution >= 4 is 17.7 Å². The summed E-state index contributed by atoms with van der Waals surface area (Å²) in [6, 6.07) is 6.79. The van der Waals surface area contributed by atoms with Gasteiger partial charge >= 0.3 is 0 Å². The van der Waals surface area contributed by atoms with Crippen molar-refractivity contribution in [1.82, 2.24) is 5.32 Å². The number of nitrogens with one attached hydrogen (secondary N) is 1. The normalized spacial score (nSPS) is 16.6. The molecule has 1 fully saturated rings. The fraction of sp³-hybridized carbons (Fsp3) is 0.562. The van der Waals surface area contributed by atoms with Crippen LogP contribution in [-0.4, -0.2) is 17.7 Å². The summed E-state index contributed by atoms with van der Waals surface area (Å²) in [6.07, 6.45) is 7.83. The molecule has 1 aliphatic carbocycles. The average molecular weight is 295 g/mol. The molecule has 2 rings (SSSR count). The Kier molecular flexibility index (Phi) is 6.37. The highest BCUT2D eigenvalue weighted by Gasteiger charge is 2.14. The Morgan fingerprint density at radius 3 is 2.45 bits per heavy atom. The number of halogens is 1. The summed E-state index contributed by atoms with van der Waals surface area (Å²) in [6.45, 7) is 0. The fourth-order valence-corrected chi connectivity index (χ4v) is 3.37. The van der Waals surface area contributed by atoms with Crippen LogP contribution < -0.4 is 5.32 Å². The van der Waals surface area contributed by atoms with Gasteiger partial charge in [-0.25, -0.2) is 4.39 Å². The third-order valence-corrected chi connectivity index (χ3v) is 4.65. The van der Waals surface area contributed by atoms with E-state index in [4.69, 9.17) is 0 Å². The van der Waals surface area contributed by atoms with Gasteiger partial charge in [0.2, 0.25) is 5.91 Å². The Balaban J connectivity index is 1.65. The van der Waals surface area contributed by atoms with Gasteiger partial charge in [0, 0.05) is 23.1 Å². The van der Waals surface area contributed by atoms with Crippen molar-refractivity contribution in [2.75, 3.05) is 5.75 Å². The molecule has 1 N–H and O–H groups in total. The average Bonchev–Trinajstić information content (AvgIpc) is 2.70. The first-order chi connectivity index (χ1) is 9.74. The van der Waals surface area contributed by atoms with Gasteiger partial charge in [-0.3, -0.25) is 4.79 Å². The van der Waals surface area contributed by atoms with Gasteiger partial charge in [0.05, 0.1) is 0 Å². The molecule has 0 spiro atoms. The number of carbonyl (C=O) groups is 1. The maximum absolute atomic E-state index is 12.8. The van der Waals surface area contributed by atoms with Crippen LogP contribution in [0.15, 0.2) is 29.2 Å². The van der Waals surface area contributed by atoms with E-state index in [0.717, 1.165) is 23.5 Å². The summed E-state index contributed by atoms with van der Waals surface area (Å²) in [4.78, 5) is 12.9. The predicted molar refractivity (Wildman–Crippen MR) is 81.4 cm³/mol. The maximum Gasteiger partial charge on any atom is 0.221 e. The molecule has 0 unspecified atom stereocenters. The van der Waals surface area contributed by atoms with Crippen molar-refractivity contribution in [3.63, 3.8) is 0 Å². The molecule has 1 aliphatic rings. The van der Waals surface area contributed by atoms with E-state index in [1.54, 1.807) is 23.9 Å². The predicted octanol–water partition coefficient (Wildman–Crippen LogP) is 4.15. The number of thioether (sulfide) groups is 1. The molecule has 20 heavy (non-hydrogen) atoms. The molecular weight excluding hydrogens is 273 g/mol. The Bertz CT molecular complexity index is 413. The van der Waals surface area contributed by atoms with Crippen LogP contribution in [0.5, 0.6) is 0 Å². The van der Waals surface area contributed by atoms with Crippen LogP contribution >= 0.6 is 11.8 Å². The van der Waals surface area contributed by atoms with Crippen LogP contribution in [0.3, 0.4) is 0 Å². The first-order valence-electron chi connectivity index (χ1n) is 7.42. The van der Waals surface area contributed by atoms with Crippen molar-refractivity contribution in [2.24, 2.45) is 0 Å². The van der Waals surface area contributed by atoms with Gasteiger partial charge in [-0.2, -0.15) is 0 Å². The molecule has 0 bridgehead atoms. The van der Waals surface area contributed by atoms with Crippen LogP contribution in [0.4, 0.5) is 4.39 Å². The van der Waals surface area contributed by atoms with Crippen molar-refractivity contribution in [2.45, 2.75) is 55.9 Å². The van der Waals surface area contributed by atoms with Gasteiger partial charge in [0.1, 0.15) is 5.82 Å². The summed E-state index contributed by atoms with van der Waals surface area (Å²) in [5, 5.41) is 3.14. The lowest BCUT2D eigenvalue weighted by Crippen LogP contribution is -2.34. The fourth-order valence-electron chi connectivity index (χ4n) is 2.52. The quantitative estimate of drug-likeness (QED) is 0.653. The molecule has 0 atom stereocenters. The van der Waals surface area contributed by atoms with Gasteiger partial charge in [-0.1, -0.05) is 25.7 Å². The Labute approximate surface area is 124 Å². The zero-order chi connectivity index (χ0) is 14.2. The zero-order valence-electron chi connectivity index (χ0n) is 11.7. The number of amides is 1. The maximum atomic E-state index is 12.8. The number of hydrogen-bond donors (Lipinski definition) is 1. The van der Waals surface area contributed by atoms with E-state index in [2.05, 4.69) is 5.32 Å². The summed E-state index contributed by atoms with van der Waals surface area (Å²) in [5.74, 6) is 0.663. The van der Waals surface area contributed by atoms with Crippen molar-refractivity contribution < 1.29 is 9.18 Å². The summed E-state index contributed by atoms with van der Waals surface area (Å²) >= 11 is 1.60. The van der Waals surface area contributed by atoms with Crippen LogP contribution in [0.2, 0.25) is 0 Å². The van der Waals surface area contributed by atoms with Crippen LogP contribution in [0.1, 0.15) is 44.9 Å². The smallest absolute Gasteiger partial charge is 0.221 e. The molecule has 4 heteroatoms. The molecule has 1 aromatic rings. The van der Waals surface area contributed by atoms with Crippen molar-refractivity contribution in [1.29, 1.82) is 0 Å². The zero-order valence-corrected chi connectivity index (χ0v) is 12.6. The molecular formula is C16H22FNOS. The Morgan fingerprint density at radius 2 is 1.80 bits per heavy atom. The minimum Gasteiger partial charge on any atom is -0.353 e. The molecule has 110 valence electrons. The second kappa shape index (κ2) is 8.30. The van der Waals surface area contributed by atoms with Gasteiger partial charge in [0.25, 0.3) is 0 Å². The lowest BCUT2D eigenvalue weighted by atomic mass is 10.1. The molecule has 2 nitrogen and oxygen atoms in total. The standard InChI is InChI=1S/C16H22FNOS/c17-13-7-9-15(10-8-13)20-12-11-16(19)18-14-5-3-1-2-4-6-14/h7-10,14H,1-6,11-12H2,(H,18,19). The van der Waals surface area contributed by atoms with Crippen molar-refractivity contribution in [3.05, 3.63) is 30.1 Å². The second-order valence-corrected chi connectivity index (χ2v) is 6.48. The third-order valence-electron chi connectivity index (χ3n) is 3.63. The number of hydrogen-bond acceptors (Lipinski definition) is 2. The van der Waals surface area contributed by atoms with Gasteiger partial charge in [0.15, 0.2) is 0 Å². The monoisotopic (exact) mass is 295 g/mol. The highest BCUT2D eigenvalue weighted by molar-refractivity contribution is 7.99. The molecule has 0 heterocycles. The van der Waals surface area contributed by atoms with Gasteiger partial charge in [-0.05, 0) is 37.1 Å². The number of carbonyl (C=O) groups excluding carboxylic acids is 1. The molecule has 0 saturated heterocycles. The van der Waals surface area contributed by atoms with Crippen LogP contribution in [0.25, 0.3) is 0 Å². The van der Waals surface area contributed by atoms with Gasteiger partial charge < -0.3 is 5.32 Å². The Hall–Kier alpha value is -1.03. The summed E-state index contributed by atoms with van der Waals surface area (Å²) in [5.41, 5.74) is 0. The summed E-state index contributed by atoms with van der Waals surface area (Å²) in [7, 11) is 0. The van der Waals surface area contributed by atoms with Crippen LogP contribution in [0, 0.1) is 5.82 Å². The largest absolute Gasteiger partial charge is 0.353 e. The lowest BCUT2D eigenvalue weighted by Gasteiger charge is -2.16. The first kappa shape index (κ1) is 15.4. The SMILES string of the molecule is O=C(CCSc1ccc(F)cc1)NC1CCCCCC1. The van der Waals surface area contributed by atoms with Gasteiger partial charge in [-0.15, -0.1) is 11.8 Å². The summed E-state index contributed by atoms with van der Waals surface area (Å²) < 4.78 is 12.8. The van der Waals surface area contributed by atoms with E-state index in [-0.39, 0.29) is 11.7 Å². The lowest BCUT2D eigenvalue weighted by molar-refractivity contribution is -0.121. The molecule has 0 aromatic heterocycles. The van der Waals surface area contributed by atoms with E-state index in [1.165, 1.54) is 37.8 Å². The minimum absolute atomic E-state index is 0.145. The van der Waals surface area contributed by atoms with E-state index >= 15 is 0 Å². The highest BCUT2D eigenvalue weighted by atomic mass is 32.2. The van der Waals surface area contributed by atoms with E-state index in [9.17, 15) is 9.18 Å². The van der Waals surface area contributed by atoms with E-state index in [1.807, 2.05) is 0 Å². The molecule has 1 saturated carbocycles. The first-order valence-corrected chi connectivity index (χ1v) is 8.40. The molecule has 1 aromatic carbocycles. The van der Waals surface area contributed by atoms with E-state index < -0.39 is 0 Å². The number of rotatable bonds is 5. The molecule has 0 radical (unpaired) electrons. The third kappa shape index (κ3) is 5.53. The second-order valence-electron chi connectivity index (χ2n) is 5.31. The Morgan fingerprint density at radius 1 is 1.15 bits per heavy atom. The highest BCUT2D eigenvalue weighted by Crippen LogP contribution is 2.20. The van der Waals surface area contributed by atoms with Crippen LogP contribution in [-0.2, 0) is 4.79 Å². The topological polar surface area (TPSA) is 29.1 Å². The van der Waals surface area contributed by atoms with Crippen molar-refractivity contribution in [3.8, 4) is 0 Å². The minimum atomic E-state index is -0.222. The van der Waals surface area contributed by atoms with E-state index in [0.29, 0.717) is 12.5 Å². The molecule has 0 aliphatic heterocycles. The number of benzene rings is 1.